The maximum atomic E-state index is 11.9. The van der Waals surface area contributed by atoms with E-state index in [0.29, 0.717) is 12.8 Å². The first-order valence-electron chi connectivity index (χ1n) is 5.78. The summed E-state index contributed by atoms with van der Waals surface area (Å²) in [5.41, 5.74) is 0.765. The third-order valence-electron chi connectivity index (χ3n) is 2.67. The summed E-state index contributed by atoms with van der Waals surface area (Å²) in [6.45, 7) is 1.48. The van der Waals surface area contributed by atoms with Gasteiger partial charge in [0.15, 0.2) is 12.1 Å². The zero-order valence-electron chi connectivity index (χ0n) is 9.52. The number of rotatable bonds is 4. The molecule has 1 aromatic rings. The molecule has 92 valence electrons. The highest BCUT2D eigenvalue weighted by Gasteiger charge is 2.16. The van der Waals surface area contributed by atoms with Crippen LogP contribution >= 0.6 is 22.6 Å². The van der Waals surface area contributed by atoms with Crippen LogP contribution < -0.4 is 0 Å². The Morgan fingerprint density at radius 1 is 1.24 bits per heavy atom. The molecular formula is C13H15IO3. The summed E-state index contributed by atoms with van der Waals surface area (Å²) >= 11 is 2.23. The van der Waals surface area contributed by atoms with Gasteiger partial charge in [-0.25, -0.2) is 0 Å². The van der Waals surface area contributed by atoms with Crippen LogP contribution in [0.5, 0.6) is 0 Å². The number of ketones is 1. The zero-order valence-corrected chi connectivity index (χ0v) is 11.7. The minimum Gasteiger partial charge on any atom is -0.353 e. The van der Waals surface area contributed by atoms with Gasteiger partial charge in [0, 0.05) is 22.0 Å². The molecule has 0 atom stereocenters. The number of Topliss-reactive ketones (excluding diaryl/α,β-unsaturated/α-hetero) is 1. The predicted molar refractivity (Wildman–Crippen MR) is 73.0 cm³/mol. The second-order valence-corrected chi connectivity index (χ2v) is 5.24. The van der Waals surface area contributed by atoms with Crippen molar-refractivity contribution < 1.29 is 14.3 Å². The van der Waals surface area contributed by atoms with Crippen molar-refractivity contribution >= 4 is 28.4 Å². The minimum atomic E-state index is -0.198. The Morgan fingerprint density at radius 3 is 2.53 bits per heavy atom. The average Bonchev–Trinajstić information content (AvgIpc) is 2.38. The van der Waals surface area contributed by atoms with Crippen LogP contribution in [0.1, 0.15) is 29.6 Å². The summed E-state index contributed by atoms with van der Waals surface area (Å²) in [7, 11) is 0. The molecule has 0 unspecified atom stereocenters. The lowest BCUT2D eigenvalue weighted by molar-refractivity contribution is -0.180. The molecule has 1 aliphatic heterocycles. The van der Waals surface area contributed by atoms with E-state index < -0.39 is 0 Å². The number of carbonyl (C=O) groups is 1. The number of hydrogen-bond donors (Lipinski definition) is 0. The van der Waals surface area contributed by atoms with Crippen LogP contribution in [0.15, 0.2) is 24.3 Å². The van der Waals surface area contributed by atoms with Crippen LogP contribution in [0, 0.1) is 3.57 Å². The minimum absolute atomic E-state index is 0.152. The molecular weight excluding hydrogens is 331 g/mol. The lowest BCUT2D eigenvalue weighted by Gasteiger charge is -2.22. The fourth-order valence-electron chi connectivity index (χ4n) is 1.73. The number of carbonyl (C=O) groups excluding carboxylic acids is 1. The maximum Gasteiger partial charge on any atom is 0.163 e. The molecule has 0 radical (unpaired) electrons. The summed E-state index contributed by atoms with van der Waals surface area (Å²) in [6.07, 6.45) is 1.87. The standard InChI is InChI=1S/C13H15IO3/c14-11-4-2-10(3-5-11)12(15)6-7-13-16-8-1-9-17-13/h2-5,13H,1,6-9H2. The third kappa shape index (κ3) is 4.04. The van der Waals surface area contributed by atoms with Crippen molar-refractivity contribution in [3.63, 3.8) is 0 Å². The van der Waals surface area contributed by atoms with E-state index in [1.807, 2.05) is 24.3 Å². The van der Waals surface area contributed by atoms with Gasteiger partial charge in [-0.05, 0) is 41.1 Å². The van der Waals surface area contributed by atoms with E-state index >= 15 is 0 Å². The van der Waals surface area contributed by atoms with E-state index in [-0.39, 0.29) is 12.1 Å². The molecule has 1 aliphatic rings. The zero-order chi connectivity index (χ0) is 12.1. The Balaban J connectivity index is 1.82. The lowest BCUT2D eigenvalue weighted by Crippen LogP contribution is -2.25. The van der Waals surface area contributed by atoms with E-state index in [0.717, 1.165) is 28.8 Å². The van der Waals surface area contributed by atoms with E-state index in [1.165, 1.54) is 0 Å². The number of halogens is 1. The normalized spacial score (nSPS) is 17.0. The molecule has 17 heavy (non-hydrogen) atoms. The molecule has 0 saturated carbocycles. The maximum absolute atomic E-state index is 11.9. The average molecular weight is 346 g/mol. The van der Waals surface area contributed by atoms with E-state index in [4.69, 9.17) is 9.47 Å². The van der Waals surface area contributed by atoms with E-state index in [9.17, 15) is 4.79 Å². The molecule has 0 N–H and O–H groups in total. The van der Waals surface area contributed by atoms with Gasteiger partial charge in [-0.3, -0.25) is 4.79 Å². The van der Waals surface area contributed by atoms with Gasteiger partial charge in [0.1, 0.15) is 0 Å². The largest absolute Gasteiger partial charge is 0.353 e. The molecule has 3 nitrogen and oxygen atoms in total. The molecule has 1 aromatic carbocycles. The number of ether oxygens (including phenoxy) is 2. The number of hydrogen-bond acceptors (Lipinski definition) is 3. The van der Waals surface area contributed by atoms with Crippen LogP contribution in [-0.2, 0) is 9.47 Å². The first-order chi connectivity index (χ1) is 8.25. The Kier molecular flexibility index (Phi) is 4.94. The van der Waals surface area contributed by atoms with Gasteiger partial charge in [-0.2, -0.15) is 0 Å². The Morgan fingerprint density at radius 2 is 1.88 bits per heavy atom. The van der Waals surface area contributed by atoms with Crippen molar-refractivity contribution in [1.29, 1.82) is 0 Å². The van der Waals surface area contributed by atoms with Gasteiger partial charge in [-0.1, -0.05) is 12.1 Å². The highest BCUT2D eigenvalue weighted by molar-refractivity contribution is 14.1. The SMILES string of the molecule is O=C(CCC1OCCCO1)c1ccc(I)cc1. The van der Waals surface area contributed by atoms with Crippen LogP contribution in [-0.4, -0.2) is 25.3 Å². The fraction of sp³-hybridized carbons (Fsp3) is 0.462. The Hall–Kier alpha value is -0.460. The summed E-state index contributed by atoms with van der Waals surface area (Å²) in [6, 6.07) is 7.63. The molecule has 1 fully saturated rings. The molecule has 0 spiro atoms. The van der Waals surface area contributed by atoms with E-state index in [1.54, 1.807) is 0 Å². The highest BCUT2D eigenvalue weighted by atomic mass is 127. The Labute approximate surface area is 115 Å². The summed E-state index contributed by atoms with van der Waals surface area (Å²) < 4.78 is 12.0. The van der Waals surface area contributed by atoms with Crippen molar-refractivity contribution in [3.05, 3.63) is 33.4 Å². The van der Waals surface area contributed by atoms with Crippen LogP contribution in [0.3, 0.4) is 0 Å². The van der Waals surface area contributed by atoms with Crippen LogP contribution in [0.4, 0.5) is 0 Å². The quantitative estimate of drug-likeness (QED) is 0.621. The van der Waals surface area contributed by atoms with Gasteiger partial charge in [0.05, 0.1) is 13.2 Å². The first kappa shape index (κ1) is 13.0. The molecule has 2 rings (SSSR count). The van der Waals surface area contributed by atoms with Gasteiger partial charge in [0.25, 0.3) is 0 Å². The van der Waals surface area contributed by atoms with Gasteiger partial charge in [-0.15, -0.1) is 0 Å². The van der Waals surface area contributed by atoms with Gasteiger partial charge < -0.3 is 9.47 Å². The van der Waals surface area contributed by atoms with Crippen LogP contribution in [0.2, 0.25) is 0 Å². The summed E-state index contributed by atoms with van der Waals surface area (Å²) in [5.74, 6) is 0.152. The second kappa shape index (κ2) is 6.47. The van der Waals surface area contributed by atoms with Gasteiger partial charge >= 0.3 is 0 Å². The summed E-state index contributed by atoms with van der Waals surface area (Å²) in [4.78, 5) is 11.9. The van der Waals surface area contributed by atoms with Crippen molar-refractivity contribution in [3.8, 4) is 0 Å². The van der Waals surface area contributed by atoms with Crippen molar-refractivity contribution in [2.45, 2.75) is 25.6 Å². The van der Waals surface area contributed by atoms with Crippen molar-refractivity contribution in [2.24, 2.45) is 0 Å². The molecule has 1 heterocycles. The molecule has 4 heteroatoms. The smallest absolute Gasteiger partial charge is 0.163 e. The van der Waals surface area contributed by atoms with E-state index in [2.05, 4.69) is 22.6 Å². The van der Waals surface area contributed by atoms with Crippen molar-refractivity contribution in [2.75, 3.05) is 13.2 Å². The molecule has 0 bridgehead atoms. The Bertz CT molecular complexity index is 369. The monoisotopic (exact) mass is 346 g/mol. The topological polar surface area (TPSA) is 35.5 Å². The lowest BCUT2D eigenvalue weighted by atomic mass is 10.1. The molecule has 1 saturated heterocycles. The molecule has 0 aliphatic carbocycles. The molecule has 0 amide bonds. The predicted octanol–water partition coefficient (Wildman–Crippen LogP) is 3.02. The van der Waals surface area contributed by atoms with Crippen LogP contribution in [0.25, 0.3) is 0 Å². The first-order valence-corrected chi connectivity index (χ1v) is 6.85. The van der Waals surface area contributed by atoms with Crippen molar-refractivity contribution in [1.82, 2.24) is 0 Å². The fourth-order valence-corrected chi connectivity index (χ4v) is 2.09. The third-order valence-corrected chi connectivity index (χ3v) is 3.39. The number of benzene rings is 1. The summed E-state index contributed by atoms with van der Waals surface area (Å²) in [5, 5.41) is 0. The highest BCUT2D eigenvalue weighted by Crippen LogP contribution is 2.14. The molecule has 0 aromatic heterocycles. The van der Waals surface area contributed by atoms with Gasteiger partial charge in [0.2, 0.25) is 0 Å². The second-order valence-electron chi connectivity index (χ2n) is 3.99.